The number of carbonyl (C=O) groups is 1. The molecule has 2 nitrogen and oxygen atoms in total. The lowest BCUT2D eigenvalue weighted by Crippen LogP contribution is -2.24. The Morgan fingerprint density at radius 3 is 2.75 bits per heavy atom. The number of benzene rings is 1. The van der Waals surface area contributed by atoms with E-state index in [1.54, 1.807) is 18.2 Å². The van der Waals surface area contributed by atoms with Crippen LogP contribution in [0.2, 0.25) is 10.0 Å². The third-order valence-corrected chi connectivity index (χ3v) is 2.77. The van der Waals surface area contributed by atoms with Gasteiger partial charge in [-0.15, -0.1) is 0 Å². The first-order chi connectivity index (χ1) is 7.65. The van der Waals surface area contributed by atoms with Crippen LogP contribution in [0.25, 0.3) is 0 Å². The summed E-state index contributed by atoms with van der Waals surface area (Å²) < 4.78 is 0. The highest BCUT2D eigenvalue weighted by Crippen LogP contribution is 2.21. The first kappa shape index (κ1) is 13.5. The number of rotatable bonds is 6. The van der Waals surface area contributed by atoms with Gasteiger partial charge in [0.1, 0.15) is 0 Å². The van der Waals surface area contributed by atoms with Gasteiger partial charge in [-0.25, -0.2) is 0 Å². The molecule has 0 aromatic heterocycles. The van der Waals surface area contributed by atoms with E-state index in [0.717, 1.165) is 19.4 Å². The SMILES string of the molecule is CCCCNCC(=O)c1ccc(Cl)cc1Cl. The molecule has 4 heteroatoms. The van der Waals surface area contributed by atoms with Crippen LogP contribution in [0.3, 0.4) is 0 Å². The smallest absolute Gasteiger partial charge is 0.178 e. The molecular formula is C12H15Cl2NO. The molecular weight excluding hydrogens is 245 g/mol. The molecule has 0 amide bonds. The molecule has 0 unspecified atom stereocenters. The Hall–Kier alpha value is -0.570. The predicted octanol–water partition coefficient (Wildman–Crippen LogP) is 3.57. The molecule has 88 valence electrons. The minimum absolute atomic E-state index is 0.00207. The normalized spacial score (nSPS) is 10.4. The molecule has 1 rings (SSSR count). The largest absolute Gasteiger partial charge is 0.310 e. The summed E-state index contributed by atoms with van der Waals surface area (Å²) in [5.41, 5.74) is 0.523. The van der Waals surface area contributed by atoms with Gasteiger partial charge in [0, 0.05) is 10.6 Å². The molecule has 0 heterocycles. The van der Waals surface area contributed by atoms with Crippen LogP contribution in [0, 0.1) is 0 Å². The highest BCUT2D eigenvalue weighted by molar-refractivity contribution is 6.36. The standard InChI is InChI=1S/C12H15Cl2NO/c1-2-3-6-15-8-12(16)10-5-4-9(13)7-11(10)14/h4-5,7,15H,2-3,6,8H2,1H3. The summed E-state index contributed by atoms with van der Waals surface area (Å²) >= 11 is 11.7. The zero-order chi connectivity index (χ0) is 12.0. The number of hydrogen-bond acceptors (Lipinski definition) is 2. The van der Waals surface area contributed by atoms with Gasteiger partial charge in [0.2, 0.25) is 0 Å². The number of ketones is 1. The lowest BCUT2D eigenvalue weighted by molar-refractivity contribution is 0.0991. The van der Waals surface area contributed by atoms with Crippen LogP contribution in [0.1, 0.15) is 30.1 Å². The van der Waals surface area contributed by atoms with Gasteiger partial charge in [-0.2, -0.15) is 0 Å². The van der Waals surface area contributed by atoms with Crippen molar-refractivity contribution in [3.8, 4) is 0 Å². The van der Waals surface area contributed by atoms with Gasteiger partial charge in [-0.3, -0.25) is 4.79 Å². The van der Waals surface area contributed by atoms with Gasteiger partial charge >= 0.3 is 0 Å². The number of unbranched alkanes of at least 4 members (excludes halogenated alkanes) is 1. The highest BCUT2D eigenvalue weighted by atomic mass is 35.5. The Bertz CT molecular complexity index is 366. The lowest BCUT2D eigenvalue weighted by Gasteiger charge is -2.05. The molecule has 0 saturated carbocycles. The van der Waals surface area contributed by atoms with Gasteiger partial charge in [0.15, 0.2) is 5.78 Å². The molecule has 1 aromatic rings. The molecule has 0 atom stereocenters. The van der Waals surface area contributed by atoms with Crippen molar-refractivity contribution < 1.29 is 4.79 Å². The molecule has 0 fully saturated rings. The maximum atomic E-state index is 11.7. The van der Waals surface area contributed by atoms with Crippen LogP contribution >= 0.6 is 23.2 Å². The Balaban J connectivity index is 2.53. The van der Waals surface area contributed by atoms with Crippen molar-refractivity contribution in [2.24, 2.45) is 0 Å². The van der Waals surface area contributed by atoms with Crippen LogP contribution < -0.4 is 5.32 Å². The third-order valence-electron chi connectivity index (χ3n) is 2.22. The van der Waals surface area contributed by atoms with E-state index < -0.39 is 0 Å². The minimum Gasteiger partial charge on any atom is -0.310 e. The number of carbonyl (C=O) groups excluding carboxylic acids is 1. The molecule has 0 saturated heterocycles. The monoisotopic (exact) mass is 259 g/mol. The predicted molar refractivity (Wildman–Crippen MR) is 68.6 cm³/mol. The van der Waals surface area contributed by atoms with E-state index in [9.17, 15) is 4.79 Å². The van der Waals surface area contributed by atoms with E-state index >= 15 is 0 Å². The number of Topliss-reactive ketones (excluding diaryl/α,β-unsaturated/α-hetero) is 1. The summed E-state index contributed by atoms with van der Waals surface area (Å²) in [6.07, 6.45) is 2.19. The van der Waals surface area contributed by atoms with E-state index in [4.69, 9.17) is 23.2 Å². The Morgan fingerprint density at radius 1 is 1.38 bits per heavy atom. The van der Waals surface area contributed by atoms with E-state index in [0.29, 0.717) is 22.2 Å². The number of halogens is 2. The molecule has 1 aromatic carbocycles. The van der Waals surface area contributed by atoms with Gasteiger partial charge in [0.25, 0.3) is 0 Å². The number of nitrogens with one attached hydrogen (secondary N) is 1. The zero-order valence-electron chi connectivity index (χ0n) is 9.22. The molecule has 1 N–H and O–H groups in total. The number of hydrogen-bond donors (Lipinski definition) is 1. The average molecular weight is 260 g/mol. The van der Waals surface area contributed by atoms with Crippen molar-refractivity contribution in [1.29, 1.82) is 0 Å². The van der Waals surface area contributed by atoms with Gasteiger partial charge in [0.05, 0.1) is 11.6 Å². The van der Waals surface area contributed by atoms with Gasteiger partial charge in [-0.05, 0) is 31.2 Å². The van der Waals surface area contributed by atoms with Crippen molar-refractivity contribution in [3.05, 3.63) is 33.8 Å². The summed E-state index contributed by atoms with van der Waals surface area (Å²) in [7, 11) is 0. The van der Waals surface area contributed by atoms with Crippen LogP contribution in [0.5, 0.6) is 0 Å². The second kappa shape index (κ2) is 6.89. The first-order valence-electron chi connectivity index (χ1n) is 5.34. The Kier molecular flexibility index (Phi) is 5.81. The van der Waals surface area contributed by atoms with Crippen LogP contribution in [-0.2, 0) is 0 Å². The summed E-state index contributed by atoms with van der Waals surface area (Å²) in [5.74, 6) is -0.00207. The molecule has 0 aliphatic rings. The fraction of sp³-hybridized carbons (Fsp3) is 0.417. The van der Waals surface area contributed by atoms with Crippen molar-refractivity contribution in [2.75, 3.05) is 13.1 Å². The highest BCUT2D eigenvalue weighted by Gasteiger charge is 2.09. The molecule has 0 bridgehead atoms. The Labute approximate surface area is 106 Å². The lowest BCUT2D eigenvalue weighted by atomic mass is 10.1. The summed E-state index contributed by atoms with van der Waals surface area (Å²) in [5, 5.41) is 4.04. The minimum atomic E-state index is -0.00207. The Morgan fingerprint density at radius 2 is 2.12 bits per heavy atom. The molecule has 0 spiro atoms. The summed E-state index contributed by atoms with van der Waals surface area (Å²) in [6.45, 7) is 3.29. The fourth-order valence-electron chi connectivity index (χ4n) is 1.31. The first-order valence-corrected chi connectivity index (χ1v) is 6.09. The van der Waals surface area contributed by atoms with Crippen LogP contribution in [0.15, 0.2) is 18.2 Å². The fourth-order valence-corrected chi connectivity index (χ4v) is 1.83. The maximum absolute atomic E-state index is 11.7. The van der Waals surface area contributed by atoms with Crippen molar-refractivity contribution in [1.82, 2.24) is 5.32 Å². The molecule has 0 aliphatic heterocycles. The maximum Gasteiger partial charge on any atom is 0.178 e. The van der Waals surface area contributed by atoms with E-state index in [-0.39, 0.29) is 5.78 Å². The van der Waals surface area contributed by atoms with Gasteiger partial charge in [-0.1, -0.05) is 36.5 Å². The second-order valence-electron chi connectivity index (χ2n) is 3.58. The van der Waals surface area contributed by atoms with Gasteiger partial charge < -0.3 is 5.32 Å². The topological polar surface area (TPSA) is 29.1 Å². The molecule has 0 aliphatic carbocycles. The quantitative estimate of drug-likeness (QED) is 0.625. The van der Waals surface area contributed by atoms with Crippen LogP contribution in [-0.4, -0.2) is 18.9 Å². The molecule has 0 radical (unpaired) electrons. The zero-order valence-corrected chi connectivity index (χ0v) is 10.7. The van der Waals surface area contributed by atoms with E-state index in [2.05, 4.69) is 12.2 Å². The van der Waals surface area contributed by atoms with E-state index in [1.807, 2.05) is 0 Å². The summed E-state index contributed by atoms with van der Waals surface area (Å²) in [6, 6.07) is 4.92. The third kappa shape index (κ3) is 4.12. The molecule has 16 heavy (non-hydrogen) atoms. The van der Waals surface area contributed by atoms with Crippen molar-refractivity contribution >= 4 is 29.0 Å². The average Bonchev–Trinajstić information content (AvgIpc) is 2.24. The van der Waals surface area contributed by atoms with Crippen molar-refractivity contribution in [3.63, 3.8) is 0 Å². The van der Waals surface area contributed by atoms with E-state index in [1.165, 1.54) is 0 Å². The van der Waals surface area contributed by atoms with Crippen LogP contribution in [0.4, 0.5) is 0 Å². The summed E-state index contributed by atoms with van der Waals surface area (Å²) in [4.78, 5) is 11.7. The second-order valence-corrected chi connectivity index (χ2v) is 4.42. The van der Waals surface area contributed by atoms with Crippen molar-refractivity contribution in [2.45, 2.75) is 19.8 Å².